The first-order valence-electron chi connectivity index (χ1n) is 8.72. The first-order valence-corrected chi connectivity index (χ1v) is 8.72. The van der Waals surface area contributed by atoms with E-state index >= 15 is 0 Å². The zero-order valence-electron chi connectivity index (χ0n) is 15.2. The molecule has 0 aliphatic carbocycles. The van der Waals surface area contributed by atoms with Crippen LogP contribution < -0.4 is 9.80 Å². The van der Waals surface area contributed by atoms with Gasteiger partial charge < -0.3 is 14.3 Å². The molecule has 1 saturated heterocycles. The first-order chi connectivity index (χ1) is 12.0. The minimum Gasteiger partial charge on any atom is -0.367 e. The number of aryl methyl sites for hydroxylation is 3. The molecule has 3 heterocycles. The van der Waals surface area contributed by atoms with Crippen LogP contribution in [0.4, 0.5) is 11.5 Å². The Morgan fingerprint density at radius 1 is 1.08 bits per heavy atom. The minimum absolute atomic E-state index is 0.333. The Morgan fingerprint density at radius 2 is 1.88 bits per heavy atom. The Labute approximate surface area is 147 Å². The van der Waals surface area contributed by atoms with Gasteiger partial charge in [0.2, 0.25) is 0 Å². The Hall–Kier alpha value is -2.63. The van der Waals surface area contributed by atoms with Crippen LogP contribution in [0.1, 0.15) is 24.0 Å². The Morgan fingerprint density at radius 3 is 2.64 bits per heavy atom. The van der Waals surface area contributed by atoms with Crippen molar-refractivity contribution in [3.05, 3.63) is 41.3 Å². The molecule has 0 saturated carbocycles. The summed E-state index contributed by atoms with van der Waals surface area (Å²) in [4.78, 5) is 13.9. The summed E-state index contributed by atoms with van der Waals surface area (Å²) < 4.78 is 5.36. The molecule has 6 nitrogen and oxygen atoms in total. The van der Waals surface area contributed by atoms with Gasteiger partial charge in [0.25, 0.3) is 5.71 Å². The van der Waals surface area contributed by atoms with Gasteiger partial charge in [-0.05, 0) is 39.3 Å². The molecule has 25 heavy (non-hydrogen) atoms. The molecule has 1 aromatic carbocycles. The summed E-state index contributed by atoms with van der Waals surface area (Å²) in [6.07, 6.45) is 0. The summed E-state index contributed by atoms with van der Waals surface area (Å²) in [6, 6.07) is 8.91. The van der Waals surface area contributed by atoms with E-state index in [1.165, 1.54) is 11.3 Å². The lowest BCUT2D eigenvalue weighted by Gasteiger charge is -2.42. The smallest absolute Gasteiger partial charge is 0.263 e. The van der Waals surface area contributed by atoms with Crippen LogP contribution in [0.2, 0.25) is 0 Å². The van der Waals surface area contributed by atoms with Gasteiger partial charge >= 0.3 is 0 Å². The molecule has 3 aromatic rings. The maximum atomic E-state index is 5.36. The van der Waals surface area contributed by atoms with Crippen molar-refractivity contribution in [2.45, 2.75) is 33.7 Å². The van der Waals surface area contributed by atoms with Gasteiger partial charge in [0.15, 0.2) is 0 Å². The van der Waals surface area contributed by atoms with Crippen LogP contribution in [0.15, 0.2) is 28.8 Å². The van der Waals surface area contributed by atoms with Crippen LogP contribution in [-0.2, 0) is 0 Å². The van der Waals surface area contributed by atoms with Crippen LogP contribution >= 0.6 is 0 Å². The number of aromatic nitrogens is 3. The fraction of sp³-hybridized carbons (Fsp3) is 0.421. The molecule has 130 valence electrons. The summed E-state index contributed by atoms with van der Waals surface area (Å²) >= 11 is 0. The third-order valence-electron chi connectivity index (χ3n) is 4.96. The van der Waals surface area contributed by atoms with Crippen molar-refractivity contribution in [1.29, 1.82) is 0 Å². The normalized spacial score (nSPS) is 18.2. The lowest BCUT2D eigenvalue weighted by Crippen LogP contribution is -2.52. The highest BCUT2D eigenvalue weighted by molar-refractivity contribution is 5.88. The quantitative estimate of drug-likeness (QED) is 0.715. The number of fused-ring (bicyclic) bond motifs is 1. The van der Waals surface area contributed by atoms with E-state index in [0.717, 1.165) is 36.5 Å². The number of rotatable bonds is 2. The van der Waals surface area contributed by atoms with Gasteiger partial charge in [-0.3, -0.25) is 0 Å². The van der Waals surface area contributed by atoms with Gasteiger partial charge in [-0.1, -0.05) is 23.4 Å². The van der Waals surface area contributed by atoms with E-state index < -0.39 is 0 Å². The number of nitrogens with zero attached hydrogens (tertiary/aromatic N) is 5. The lowest BCUT2D eigenvalue weighted by atomic mass is 10.1. The van der Waals surface area contributed by atoms with E-state index in [-0.39, 0.29) is 0 Å². The van der Waals surface area contributed by atoms with Crippen LogP contribution in [0.5, 0.6) is 0 Å². The summed E-state index contributed by atoms with van der Waals surface area (Å²) in [6.45, 7) is 11.1. The number of hydrogen-bond donors (Lipinski definition) is 0. The molecule has 2 aromatic heterocycles. The third-order valence-corrected chi connectivity index (χ3v) is 4.96. The predicted octanol–water partition coefficient (Wildman–Crippen LogP) is 3.26. The Kier molecular flexibility index (Phi) is 3.82. The van der Waals surface area contributed by atoms with Gasteiger partial charge in [0.1, 0.15) is 17.0 Å². The molecule has 0 amide bonds. The minimum atomic E-state index is 0.333. The molecule has 1 aliphatic heterocycles. The fourth-order valence-corrected chi connectivity index (χ4v) is 3.69. The second kappa shape index (κ2) is 6.02. The largest absolute Gasteiger partial charge is 0.367 e. The van der Waals surface area contributed by atoms with Crippen molar-refractivity contribution >= 4 is 22.6 Å². The zero-order chi connectivity index (χ0) is 17.6. The zero-order valence-corrected chi connectivity index (χ0v) is 15.2. The summed E-state index contributed by atoms with van der Waals surface area (Å²) in [7, 11) is 0. The Bertz CT molecular complexity index is 919. The first kappa shape index (κ1) is 15.9. The van der Waals surface area contributed by atoms with Crippen molar-refractivity contribution in [2.75, 3.05) is 29.4 Å². The van der Waals surface area contributed by atoms with Gasteiger partial charge in [0.05, 0.1) is 5.69 Å². The van der Waals surface area contributed by atoms with E-state index in [0.29, 0.717) is 17.6 Å². The topological polar surface area (TPSA) is 58.3 Å². The number of benzene rings is 1. The lowest BCUT2D eigenvalue weighted by molar-refractivity contribution is 0.442. The molecular weight excluding hydrogens is 314 g/mol. The van der Waals surface area contributed by atoms with Crippen LogP contribution in [0, 0.1) is 20.8 Å². The summed E-state index contributed by atoms with van der Waals surface area (Å²) in [5.41, 5.74) is 4.06. The maximum absolute atomic E-state index is 5.36. The standard InChI is InChI=1S/C19H23N5O/c1-12-7-5-6-8-16(12)23-9-10-24(13(2)11-23)18-17-14(3)22-25-19(17)21-15(4)20-18/h5-8,13H,9-11H2,1-4H3/t13-/m0/s1. The number of anilines is 2. The van der Waals surface area contributed by atoms with Crippen molar-refractivity contribution in [2.24, 2.45) is 0 Å². The molecule has 1 atom stereocenters. The van der Waals surface area contributed by atoms with E-state index in [1.54, 1.807) is 0 Å². The van der Waals surface area contributed by atoms with E-state index in [2.05, 4.69) is 58.1 Å². The number of para-hydroxylation sites is 1. The second-order valence-electron chi connectivity index (χ2n) is 6.82. The van der Waals surface area contributed by atoms with Crippen LogP contribution in [0.25, 0.3) is 11.1 Å². The summed E-state index contributed by atoms with van der Waals surface area (Å²) in [5.74, 6) is 1.66. The molecule has 0 spiro atoms. The highest BCUT2D eigenvalue weighted by Gasteiger charge is 2.28. The fourth-order valence-electron chi connectivity index (χ4n) is 3.69. The Balaban J connectivity index is 1.66. The van der Waals surface area contributed by atoms with E-state index in [4.69, 9.17) is 9.51 Å². The molecular formula is C19H23N5O. The SMILES string of the molecule is Cc1nc(N2CCN(c3ccccc3C)C[C@@H]2C)c2c(C)noc2n1. The summed E-state index contributed by atoms with van der Waals surface area (Å²) in [5, 5.41) is 5.01. The monoisotopic (exact) mass is 337 g/mol. The molecule has 0 N–H and O–H groups in total. The molecule has 0 unspecified atom stereocenters. The predicted molar refractivity (Wildman–Crippen MR) is 99.3 cm³/mol. The maximum Gasteiger partial charge on any atom is 0.263 e. The molecule has 6 heteroatoms. The molecule has 1 aliphatic rings. The third kappa shape index (κ3) is 2.71. The van der Waals surface area contributed by atoms with Gasteiger partial charge in [0, 0.05) is 31.4 Å². The number of piperazine rings is 1. The highest BCUT2D eigenvalue weighted by atomic mass is 16.5. The van der Waals surface area contributed by atoms with Crippen molar-refractivity contribution in [3.8, 4) is 0 Å². The van der Waals surface area contributed by atoms with Gasteiger partial charge in [-0.15, -0.1) is 0 Å². The highest BCUT2D eigenvalue weighted by Crippen LogP contribution is 2.31. The van der Waals surface area contributed by atoms with Crippen molar-refractivity contribution in [1.82, 2.24) is 15.1 Å². The van der Waals surface area contributed by atoms with Gasteiger partial charge in [-0.2, -0.15) is 4.98 Å². The molecule has 0 radical (unpaired) electrons. The van der Waals surface area contributed by atoms with Crippen LogP contribution in [-0.4, -0.2) is 40.8 Å². The van der Waals surface area contributed by atoms with E-state index in [9.17, 15) is 0 Å². The average Bonchev–Trinajstić information content (AvgIpc) is 2.95. The van der Waals surface area contributed by atoms with Gasteiger partial charge in [-0.25, -0.2) is 4.98 Å². The van der Waals surface area contributed by atoms with Crippen molar-refractivity contribution < 1.29 is 4.52 Å². The molecule has 0 bridgehead atoms. The van der Waals surface area contributed by atoms with Crippen LogP contribution in [0.3, 0.4) is 0 Å². The molecule has 1 fully saturated rings. The van der Waals surface area contributed by atoms with E-state index in [1.807, 2.05) is 13.8 Å². The molecule has 4 rings (SSSR count). The van der Waals surface area contributed by atoms with Crippen molar-refractivity contribution in [3.63, 3.8) is 0 Å². The second-order valence-corrected chi connectivity index (χ2v) is 6.82. The average molecular weight is 337 g/mol. The number of hydrogen-bond acceptors (Lipinski definition) is 6.